The molecule has 0 radical (unpaired) electrons. The van der Waals surface area contributed by atoms with Gasteiger partial charge in [0.2, 0.25) is 0 Å². The zero-order valence-electron chi connectivity index (χ0n) is 15.4. The van der Waals surface area contributed by atoms with Crippen LogP contribution >= 0.6 is 0 Å². The lowest BCUT2D eigenvalue weighted by molar-refractivity contribution is -0.139. The van der Waals surface area contributed by atoms with Crippen LogP contribution in [0.1, 0.15) is 37.8 Å². The molecule has 2 rings (SSSR count). The highest BCUT2D eigenvalue weighted by Gasteiger charge is 2.39. The molecule has 1 aromatic carbocycles. The second kappa shape index (κ2) is 7.85. The van der Waals surface area contributed by atoms with E-state index in [1.54, 1.807) is 20.8 Å². The lowest BCUT2D eigenvalue weighted by Crippen LogP contribution is -2.32. The minimum atomic E-state index is -4.56. The molecule has 5 nitrogen and oxygen atoms in total. The van der Waals surface area contributed by atoms with Crippen molar-refractivity contribution in [2.24, 2.45) is 0 Å². The summed E-state index contributed by atoms with van der Waals surface area (Å²) >= 11 is 0. The molecule has 0 spiro atoms. The molecule has 1 N–H and O–H groups in total. The largest absolute Gasteiger partial charge is 0.466 e. The third-order valence-electron chi connectivity index (χ3n) is 4.21. The van der Waals surface area contributed by atoms with Gasteiger partial charge in [-0.25, -0.2) is 9.59 Å². The topological polar surface area (TPSA) is 64.6 Å². The molecule has 1 atom stereocenters. The van der Waals surface area contributed by atoms with Gasteiger partial charge in [-0.3, -0.25) is 0 Å². The maximum absolute atomic E-state index is 13.2. The third-order valence-corrected chi connectivity index (χ3v) is 4.21. The third kappa shape index (κ3) is 4.15. The van der Waals surface area contributed by atoms with Crippen molar-refractivity contribution in [2.45, 2.75) is 32.9 Å². The Morgan fingerprint density at radius 1 is 1.11 bits per heavy atom. The fourth-order valence-corrected chi connectivity index (χ4v) is 3.08. The number of carbonyl (C=O) groups is 2. The van der Waals surface area contributed by atoms with Crippen LogP contribution in [0.2, 0.25) is 0 Å². The number of benzene rings is 1. The lowest BCUT2D eigenvalue weighted by Gasteiger charge is -2.30. The van der Waals surface area contributed by atoms with Gasteiger partial charge >= 0.3 is 18.1 Å². The van der Waals surface area contributed by atoms with Crippen LogP contribution in [0.15, 0.2) is 46.8 Å². The molecule has 0 amide bonds. The molecule has 0 aromatic heterocycles. The molecule has 0 saturated heterocycles. The zero-order valence-corrected chi connectivity index (χ0v) is 15.4. The number of dihydropyridines is 1. The van der Waals surface area contributed by atoms with Gasteiger partial charge in [0.25, 0.3) is 0 Å². The van der Waals surface area contributed by atoms with E-state index in [1.165, 1.54) is 19.2 Å². The summed E-state index contributed by atoms with van der Waals surface area (Å²) in [6.07, 6.45) is -4.56. The van der Waals surface area contributed by atoms with Crippen LogP contribution in [0.3, 0.4) is 0 Å². The van der Waals surface area contributed by atoms with E-state index in [-0.39, 0.29) is 23.3 Å². The molecule has 0 saturated carbocycles. The average molecular weight is 383 g/mol. The Morgan fingerprint density at radius 3 is 2.22 bits per heavy atom. The molecule has 0 aliphatic carbocycles. The standard InChI is InChI=1S/C19H20F3NO4/c1-5-27-18(25)15-11(3)23-10(2)14(17(24)26-4)16(15)12-7-6-8-13(9-12)19(20,21)22/h6-9,16,23H,5H2,1-4H3. The molecular formula is C19H20F3NO4. The van der Waals surface area contributed by atoms with Gasteiger partial charge in [-0.05, 0) is 32.4 Å². The lowest BCUT2D eigenvalue weighted by atomic mass is 9.80. The number of alkyl halides is 3. The molecule has 1 aliphatic rings. The normalized spacial score (nSPS) is 17.5. The van der Waals surface area contributed by atoms with Gasteiger partial charge in [0.1, 0.15) is 0 Å². The van der Waals surface area contributed by atoms with Gasteiger partial charge in [-0.1, -0.05) is 18.2 Å². The molecule has 1 aromatic rings. The second-order valence-corrected chi connectivity index (χ2v) is 5.97. The Balaban J connectivity index is 2.71. The van der Waals surface area contributed by atoms with Crippen molar-refractivity contribution < 1.29 is 32.2 Å². The van der Waals surface area contributed by atoms with Crippen LogP contribution in [0.25, 0.3) is 0 Å². The van der Waals surface area contributed by atoms with Gasteiger partial charge in [0.05, 0.1) is 36.3 Å². The van der Waals surface area contributed by atoms with Crippen LogP contribution in [-0.2, 0) is 25.2 Å². The van der Waals surface area contributed by atoms with E-state index in [9.17, 15) is 22.8 Å². The van der Waals surface area contributed by atoms with E-state index in [0.29, 0.717) is 11.4 Å². The van der Waals surface area contributed by atoms with Crippen LogP contribution in [-0.4, -0.2) is 25.7 Å². The Labute approximate surface area is 154 Å². The molecule has 27 heavy (non-hydrogen) atoms. The maximum atomic E-state index is 13.2. The zero-order chi connectivity index (χ0) is 20.4. The fraction of sp³-hybridized carbons (Fsp3) is 0.368. The Hall–Kier alpha value is -2.77. The first kappa shape index (κ1) is 20.5. The Kier molecular flexibility index (Phi) is 5.98. The van der Waals surface area contributed by atoms with Crippen molar-refractivity contribution >= 4 is 11.9 Å². The number of esters is 2. The molecule has 8 heteroatoms. The highest BCUT2D eigenvalue weighted by molar-refractivity contribution is 5.99. The van der Waals surface area contributed by atoms with Crippen LogP contribution in [0.5, 0.6) is 0 Å². The minimum Gasteiger partial charge on any atom is -0.466 e. The number of nitrogens with one attached hydrogen (secondary N) is 1. The van der Waals surface area contributed by atoms with Crippen molar-refractivity contribution in [1.29, 1.82) is 0 Å². The first-order valence-corrected chi connectivity index (χ1v) is 8.22. The van der Waals surface area contributed by atoms with E-state index >= 15 is 0 Å². The highest BCUT2D eigenvalue weighted by Crippen LogP contribution is 2.41. The predicted octanol–water partition coefficient (Wildman–Crippen LogP) is 3.68. The summed E-state index contributed by atoms with van der Waals surface area (Å²) in [5.74, 6) is -2.49. The van der Waals surface area contributed by atoms with Crippen molar-refractivity contribution in [2.75, 3.05) is 13.7 Å². The van der Waals surface area contributed by atoms with E-state index in [0.717, 1.165) is 12.1 Å². The summed E-state index contributed by atoms with van der Waals surface area (Å²) < 4.78 is 49.4. The van der Waals surface area contributed by atoms with E-state index in [2.05, 4.69) is 5.32 Å². The molecular weight excluding hydrogens is 363 g/mol. The summed E-state index contributed by atoms with van der Waals surface area (Å²) in [4.78, 5) is 24.9. The summed E-state index contributed by atoms with van der Waals surface area (Å²) in [6, 6.07) is 4.54. The SMILES string of the molecule is CCOC(=O)C1=C(C)NC(C)=C(C(=O)OC)C1c1cccc(C(F)(F)F)c1. The smallest absolute Gasteiger partial charge is 0.416 e. The van der Waals surface area contributed by atoms with Gasteiger partial charge < -0.3 is 14.8 Å². The van der Waals surface area contributed by atoms with E-state index in [4.69, 9.17) is 9.47 Å². The predicted molar refractivity (Wildman–Crippen MR) is 91.4 cm³/mol. The van der Waals surface area contributed by atoms with Gasteiger partial charge in [0, 0.05) is 11.4 Å². The molecule has 0 bridgehead atoms. The van der Waals surface area contributed by atoms with Crippen molar-refractivity contribution in [1.82, 2.24) is 5.32 Å². The number of allylic oxidation sites excluding steroid dienone is 2. The monoisotopic (exact) mass is 383 g/mol. The van der Waals surface area contributed by atoms with Crippen molar-refractivity contribution in [3.63, 3.8) is 0 Å². The van der Waals surface area contributed by atoms with Gasteiger partial charge in [-0.2, -0.15) is 13.2 Å². The molecule has 1 aliphatic heterocycles. The summed E-state index contributed by atoms with van der Waals surface area (Å²) in [6.45, 7) is 4.90. The summed E-state index contributed by atoms with van der Waals surface area (Å²) in [7, 11) is 1.17. The van der Waals surface area contributed by atoms with Crippen LogP contribution < -0.4 is 5.32 Å². The number of hydrogen-bond donors (Lipinski definition) is 1. The Morgan fingerprint density at radius 2 is 1.70 bits per heavy atom. The quantitative estimate of drug-likeness (QED) is 0.804. The average Bonchev–Trinajstić information content (AvgIpc) is 2.60. The Bertz CT molecular complexity index is 824. The van der Waals surface area contributed by atoms with Gasteiger partial charge in [-0.15, -0.1) is 0 Å². The minimum absolute atomic E-state index is 0.0606. The fourth-order valence-electron chi connectivity index (χ4n) is 3.08. The number of ether oxygens (including phenoxy) is 2. The summed E-state index contributed by atoms with van der Waals surface area (Å²) in [5.41, 5.74) is 0.207. The first-order valence-electron chi connectivity index (χ1n) is 8.22. The number of carbonyl (C=O) groups excluding carboxylic acids is 2. The van der Waals surface area contributed by atoms with Crippen molar-refractivity contribution in [3.8, 4) is 0 Å². The summed E-state index contributed by atoms with van der Waals surface area (Å²) in [5, 5.41) is 2.91. The number of hydrogen-bond acceptors (Lipinski definition) is 5. The number of halogens is 3. The number of rotatable bonds is 4. The molecule has 0 fully saturated rings. The van der Waals surface area contributed by atoms with Crippen LogP contribution in [0, 0.1) is 0 Å². The van der Waals surface area contributed by atoms with Crippen molar-refractivity contribution in [3.05, 3.63) is 57.9 Å². The first-order chi connectivity index (χ1) is 12.6. The van der Waals surface area contributed by atoms with E-state index < -0.39 is 29.6 Å². The maximum Gasteiger partial charge on any atom is 0.416 e. The number of methoxy groups -OCH3 is 1. The molecule has 1 unspecified atom stereocenters. The molecule has 146 valence electrons. The highest BCUT2D eigenvalue weighted by atomic mass is 19.4. The van der Waals surface area contributed by atoms with Gasteiger partial charge in [0.15, 0.2) is 0 Å². The van der Waals surface area contributed by atoms with E-state index in [1.807, 2.05) is 0 Å². The van der Waals surface area contributed by atoms with Crippen LogP contribution in [0.4, 0.5) is 13.2 Å². The second-order valence-electron chi connectivity index (χ2n) is 5.97. The molecule has 1 heterocycles.